The number of thiocarbonyl (C=S) groups is 1. The SMILES string of the molecule is C/C(=N\NC(N)=S)c1ccc(Nc2nc(N3CCOCC3)nc(N3CCOCC3)n2)cc1. The number of aromatic nitrogens is 3. The molecule has 0 spiro atoms. The van der Waals surface area contributed by atoms with Gasteiger partial charge in [0.05, 0.1) is 32.1 Å². The Hall–Kier alpha value is -3.09. The molecule has 2 aliphatic heterocycles. The Bertz CT molecular complexity index is 922. The van der Waals surface area contributed by atoms with E-state index in [4.69, 9.17) is 32.4 Å². The van der Waals surface area contributed by atoms with Crippen LogP contribution in [0.1, 0.15) is 12.5 Å². The Kier molecular flexibility index (Phi) is 7.24. The van der Waals surface area contributed by atoms with Crippen molar-refractivity contribution in [2.45, 2.75) is 6.92 Å². The summed E-state index contributed by atoms with van der Waals surface area (Å²) in [5.74, 6) is 1.79. The Morgan fingerprint density at radius 3 is 1.97 bits per heavy atom. The summed E-state index contributed by atoms with van der Waals surface area (Å²) in [6.45, 7) is 7.52. The standard InChI is InChI=1S/C20H27N9O2S/c1-14(26-27-17(21)32)15-2-4-16(5-3-15)22-18-23-19(28-6-10-30-11-7-28)25-20(24-18)29-8-12-31-13-9-29/h2-5H,6-13H2,1H3,(H3,21,27,32)(H,22,23,24,25)/b26-14+. The summed E-state index contributed by atoms with van der Waals surface area (Å²) in [5.41, 5.74) is 10.6. The van der Waals surface area contributed by atoms with Crippen LogP contribution in [0.5, 0.6) is 0 Å². The maximum absolute atomic E-state index is 5.47. The van der Waals surface area contributed by atoms with E-state index in [1.54, 1.807) is 0 Å². The van der Waals surface area contributed by atoms with E-state index in [0.29, 0.717) is 44.3 Å². The number of nitrogens with two attached hydrogens (primary N) is 1. The Labute approximate surface area is 192 Å². The predicted octanol–water partition coefficient (Wildman–Crippen LogP) is 0.846. The van der Waals surface area contributed by atoms with E-state index in [2.05, 4.69) is 35.6 Å². The first-order chi connectivity index (χ1) is 15.6. The number of hydrazone groups is 1. The molecular formula is C20H27N9O2S. The second-order valence-electron chi connectivity index (χ2n) is 7.33. The molecule has 0 radical (unpaired) electrons. The monoisotopic (exact) mass is 457 g/mol. The van der Waals surface area contributed by atoms with Gasteiger partial charge >= 0.3 is 0 Å². The Morgan fingerprint density at radius 1 is 0.938 bits per heavy atom. The summed E-state index contributed by atoms with van der Waals surface area (Å²) in [7, 11) is 0. The van der Waals surface area contributed by atoms with Crippen LogP contribution in [0.2, 0.25) is 0 Å². The van der Waals surface area contributed by atoms with Crippen LogP contribution in [-0.4, -0.2) is 78.4 Å². The minimum Gasteiger partial charge on any atom is -0.378 e. The normalized spacial score (nSPS) is 17.2. The lowest BCUT2D eigenvalue weighted by Crippen LogP contribution is -2.40. The number of benzene rings is 1. The molecule has 1 aromatic carbocycles. The fraction of sp³-hybridized carbons (Fsp3) is 0.450. The largest absolute Gasteiger partial charge is 0.378 e. The highest BCUT2D eigenvalue weighted by Crippen LogP contribution is 2.21. The molecule has 0 aliphatic carbocycles. The van der Waals surface area contributed by atoms with Crippen molar-refractivity contribution in [2.75, 3.05) is 67.7 Å². The van der Waals surface area contributed by atoms with Crippen molar-refractivity contribution in [3.05, 3.63) is 29.8 Å². The molecule has 0 amide bonds. The van der Waals surface area contributed by atoms with Crippen LogP contribution in [-0.2, 0) is 9.47 Å². The Morgan fingerprint density at radius 2 is 1.47 bits per heavy atom. The van der Waals surface area contributed by atoms with Crippen molar-refractivity contribution in [3.63, 3.8) is 0 Å². The van der Waals surface area contributed by atoms with Gasteiger partial charge in [0.25, 0.3) is 0 Å². The van der Waals surface area contributed by atoms with Gasteiger partial charge in [0, 0.05) is 31.9 Å². The maximum Gasteiger partial charge on any atom is 0.233 e. The van der Waals surface area contributed by atoms with Crippen LogP contribution >= 0.6 is 12.2 Å². The van der Waals surface area contributed by atoms with Gasteiger partial charge < -0.3 is 30.3 Å². The fourth-order valence-electron chi connectivity index (χ4n) is 3.35. The van der Waals surface area contributed by atoms with E-state index in [1.165, 1.54) is 0 Å². The second kappa shape index (κ2) is 10.5. The molecule has 2 saturated heterocycles. The molecule has 0 saturated carbocycles. The van der Waals surface area contributed by atoms with Crippen LogP contribution < -0.4 is 26.3 Å². The molecule has 3 heterocycles. The molecule has 2 fully saturated rings. The Balaban J connectivity index is 1.55. The molecule has 170 valence electrons. The van der Waals surface area contributed by atoms with E-state index >= 15 is 0 Å². The van der Waals surface area contributed by atoms with E-state index in [9.17, 15) is 0 Å². The molecule has 4 N–H and O–H groups in total. The lowest BCUT2D eigenvalue weighted by atomic mass is 10.1. The number of anilines is 4. The fourth-order valence-corrected chi connectivity index (χ4v) is 3.39. The molecule has 2 aromatic rings. The van der Waals surface area contributed by atoms with Gasteiger partial charge in [-0.05, 0) is 36.8 Å². The molecule has 4 rings (SSSR count). The van der Waals surface area contributed by atoms with Crippen LogP contribution in [0.3, 0.4) is 0 Å². The van der Waals surface area contributed by atoms with Crippen molar-refractivity contribution in [1.82, 2.24) is 20.4 Å². The molecule has 0 atom stereocenters. The number of morpholine rings is 2. The highest BCUT2D eigenvalue weighted by molar-refractivity contribution is 7.80. The van der Waals surface area contributed by atoms with Gasteiger partial charge in [0.1, 0.15) is 0 Å². The third-order valence-electron chi connectivity index (χ3n) is 5.09. The summed E-state index contributed by atoms with van der Waals surface area (Å²) in [6, 6.07) is 7.80. The van der Waals surface area contributed by atoms with Crippen LogP contribution in [0.25, 0.3) is 0 Å². The van der Waals surface area contributed by atoms with Crippen molar-refractivity contribution < 1.29 is 9.47 Å². The van der Waals surface area contributed by atoms with Crippen LogP contribution in [0, 0.1) is 0 Å². The van der Waals surface area contributed by atoms with Crippen molar-refractivity contribution in [3.8, 4) is 0 Å². The minimum atomic E-state index is 0.129. The van der Waals surface area contributed by atoms with Crippen molar-refractivity contribution >= 4 is 46.6 Å². The number of nitrogens with one attached hydrogen (secondary N) is 2. The maximum atomic E-state index is 5.47. The number of nitrogens with zero attached hydrogens (tertiary/aromatic N) is 6. The predicted molar refractivity (Wildman–Crippen MR) is 128 cm³/mol. The highest BCUT2D eigenvalue weighted by Gasteiger charge is 2.20. The van der Waals surface area contributed by atoms with Gasteiger partial charge in [-0.1, -0.05) is 12.1 Å². The van der Waals surface area contributed by atoms with Gasteiger partial charge in [-0.3, -0.25) is 5.43 Å². The first-order valence-electron chi connectivity index (χ1n) is 10.5. The average Bonchev–Trinajstić information content (AvgIpc) is 2.84. The first kappa shape index (κ1) is 22.1. The van der Waals surface area contributed by atoms with Gasteiger partial charge in [-0.15, -0.1) is 0 Å². The van der Waals surface area contributed by atoms with Gasteiger partial charge in [-0.25, -0.2) is 0 Å². The van der Waals surface area contributed by atoms with Gasteiger partial charge in [0.2, 0.25) is 17.8 Å². The minimum absolute atomic E-state index is 0.129. The molecule has 32 heavy (non-hydrogen) atoms. The van der Waals surface area contributed by atoms with Crippen molar-refractivity contribution in [2.24, 2.45) is 10.8 Å². The molecule has 0 unspecified atom stereocenters. The second-order valence-corrected chi connectivity index (χ2v) is 7.77. The van der Waals surface area contributed by atoms with E-state index in [0.717, 1.165) is 43.1 Å². The molecule has 11 nitrogen and oxygen atoms in total. The van der Waals surface area contributed by atoms with Gasteiger partial charge in [-0.2, -0.15) is 20.1 Å². The smallest absolute Gasteiger partial charge is 0.233 e. The van der Waals surface area contributed by atoms with Crippen molar-refractivity contribution in [1.29, 1.82) is 0 Å². The lowest BCUT2D eigenvalue weighted by Gasteiger charge is -2.30. The first-order valence-corrected chi connectivity index (χ1v) is 10.9. The average molecular weight is 458 g/mol. The number of rotatable bonds is 6. The molecular weight excluding hydrogens is 430 g/mol. The quantitative estimate of drug-likeness (QED) is 0.325. The molecule has 0 bridgehead atoms. The third-order valence-corrected chi connectivity index (χ3v) is 5.18. The summed E-state index contributed by atoms with van der Waals surface area (Å²) in [4.78, 5) is 18.3. The summed E-state index contributed by atoms with van der Waals surface area (Å²) in [6.07, 6.45) is 0. The van der Waals surface area contributed by atoms with E-state index in [1.807, 2.05) is 31.2 Å². The summed E-state index contributed by atoms with van der Waals surface area (Å²) < 4.78 is 10.9. The van der Waals surface area contributed by atoms with E-state index < -0.39 is 0 Å². The zero-order valence-corrected chi connectivity index (χ0v) is 18.8. The molecule has 12 heteroatoms. The topological polar surface area (TPSA) is 126 Å². The number of hydrogen-bond acceptors (Lipinski definition) is 10. The number of hydrogen-bond donors (Lipinski definition) is 3. The zero-order valence-electron chi connectivity index (χ0n) is 18.0. The van der Waals surface area contributed by atoms with Gasteiger partial charge in [0.15, 0.2) is 5.11 Å². The lowest BCUT2D eigenvalue weighted by molar-refractivity contribution is 0.121. The van der Waals surface area contributed by atoms with Crippen LogP contribution in [0.15, 0.2) is 29.4 Å². The number of ether oxygens (including phenoxy) is 2. The van der Waals surface area contributed by atoms with Crippen LogP contribution in [0.4, 0.5) is 23.5 Å². The summed E-state index contributed by atoms with van der Waals surface area (Å²) in [5, 5.41) is 7.58. The zero-order chi connectivity index (χ0) is 22.3. The third kappa shape index (κ3) is 5.78. The van der Waals surface area contributed by atoms with E-state index in [-0.39, 0.29) is 5.11 Å². The molecule has 2 aliphatic rings. The summed E-state index contributed by atoms with van der Waals surface area (Å²) >= 11 is 4.78. The highest BCUT2D eigenvalue weighted by atomic mass is 32.1. The molecule has 1 aromatic heterocycles.